The lowest BCUT2D eigenvalue weighted by atomic mass is 9.80. The average molecular weight is 236 g/mol. The summed E-state index contributed by atoms with van der Waals surface area (Å²) in [6, 6.07) is 2.07. The summed E-state index contributed by atoms with van der Waals surface area (Å²) >= 11 is 0. The highest BCUT2D eigenvalue weighted by atomic mass is 15.2. The number of rotatable bonds is 5. The van der Waals surface area contributed by atoms with Crippen molar-refractivity contribution in [2.75, 3.05) is 6.54 Å². The van der Waals surface area contributed by atoms with Crippen LogP contribution < -0.4 is 5.73 Å². The Bertz CT molecular complexity index is 258. The molecule has 0 bridgehead atoms. The van der Waals surface area contributed by atoms with Gasteiger partial charge in [0, 0.05) is 24.7 Å². The molecule has 2 heteroatoms. The molecule has 3 aliphatic rings. The summed E-state index contributed by atoms with van der Waals surface area (Å²) in [5, 5.41) is 0. The van der Waals surface area contributed by atoms with Crippen molar-refractivity contribution in [1.29, 1.82) is 0 Å². The molecule has 3 aliphatic carbocycles. The van der Waals surface area contributed by atoms with Crippen LogP contribution in [-0.4, -0.2) is 29.6 Å². The molecule has 17 heavy (non-hydrogen) atoms. The normalized spacial score (nSPS) is 38.6. The van der Waals surface area contributed by atoms with E-state index in [9.17, 15) is 0 Å². The van der Waals surface area contributed by atoms with Crippen LogP contribution in [0.1, 0.15) is 58.3 Å². The van der Waals surface area contributed by atoms with Gasteiger partial charge in [0.25, 0.3) is 0 Å². The van der Waals surface area contributed by atoms with Crippen LogP contribution in [0.15, 0.2) is 0 Å². The minimum absolute atomic E-state index is 0.456. The fourth-order valence-corrected chi connectivity index (χ4v) is 3.57. The average Bonchev–Trinajstić information content (AvgIpc) is 3.19. The molecule has 0 spiro atoms. The highest BCUT2D eigenvalue weighted by Crippen LogP contribution is 2.39. The van der Waals surface area contributed by atoms with E-state index in [1.54, 1.807) is 0 Å². The zero-order valence-corrected chi connectivity index (χ0v) is 11.3. The van der Waals surface area contributed by atoms with Gasteiger partial charge in [0.1, 0.15) is 0 Å². The van der Waals surface area contributed by atoms with Gasteiger partial charge in [0.05, 0.1) is 0 Å². The SMILES string of the molecule is CCC1CCC(N)C(N(CC2CC2)C2CC2)C1. The maximum Gasteiger partial charge on any atom is 0.0252 e. The fourth-order valence-electron chi connectivity index (χ4n) is 3.57. The molecule has 0 amide bonds. The molecule has 3 atom stereocenters. The molecule has 0 aromatic heterocycles. The Kier molecular flexibility index (Phi) is 3.45. The summed E-state index contributed by atoms with van der Waals surface area (Å²) in [6.07, 6.45) is 11.2. The van der Waals surface area contributed by atoms with Crippen molar-refractivity contribution >= 4 is 0 Å². The van der Waals surface area contributed by atoms with Crippen LogP contribution in [0.3, 0.4) is 0 Å². The van der Waals surface area contributed by atoms with E-state index in [0.717, 1.165) is 17.9 Å². The summed E-state index contributed by atoms with van der Waals surface area (Å²) in [4.78, 5) is 2.82. The molecule has 0 saturated heterocycles. The molecule has 0 aliphatic heterocycles. The van der Waals surface area contributed by atoms with Crippen molar-refractivity contribution in [3.8, 4) is 0 Å². The highest BCUT2D eigenvalue weighted by molar-refractivity contribution is 4.97. The van der Waals surface area contributed by atoms with Crippen molar-refractivity contribution in [3.05, 3.63) is 0 Å². The second-order valence-corrected chi connectivity index (χ2v) is 6.69. The summed E-state index contributed by atoms with van der Waals surface area (Å²) in [7, 11) is 0. The van der Waals surface area contributed by atoms with Gasteiger partial charge in [-0.1, -0.05) is 13.3 Å². The first-order chi connectivity index (χ1) is 8.28. The summed E-state index contributed by atoms with van der Waals surface area (Å²) in [5.74, 6) is 1.96. The maximum atomic E-state index is 6.42. The van der Waals surface area contributed by atoms with Gasteiger partial charge in [-0.05, 0) is 56.8 Å². The first-order valence-corrected chi connectivity index (χ1v) is 7.79. The van der Waals surface area contributed by atoms with Crippen LogP contribution in [-0.2, 0) is 0 Å². The van der Waals surface area contributed by atoms with Gasteiger partial charge in [-0.25, -0.2) is 0 Å². The van der Waals surface area contributed by atoms with E-state index in [1.165, 1.54) is 57.9 Å². The van der Waals surface area contributed by atoms with E-state index < -0.39 is 0 Å². The lowest BCUT2D eigenvalue weighted by molar-refractivity contribution is 0.0980. The van der Waals surface area contributed by atoms with E-state index in [1.807, 2.05) is 0 Å². The van der Waals surface area contributed by atoms with Crippen molar-refractivity contribution in [1.82, 2.24) is 4.90 Å². The third-order valence-electron chi connectivity index (χ3n) is 5.16. The molecule has 2 N–H and O–H groups in total. The van der Waals surface area contributed by atoms with Gasteiger partial charge in [-0.15, -0.1) is 0 Å². The van der Waals surface area contributed by atoms with Gasteiger partial charge < -0.3 is 5.73 Å². The standard InChI is InChI=1S/C15H28N2/c1-2-11-5-8-14(16)15(9-11)17(13-6-7-13)10-12-3-4-12/h11-15H,2-10,16H2,1H3. The van der Waals surface area contributed by atoms with E-state index in [4.69, 9.17) is 5.73 Å². The second kappa shape index (κ2) is 4.89. The number of nitrogens with zero attached hydrogens (tertiary/aromatic N) is 1. The topological polar surface area (TPSA) is 29.3 Å². The Hall–Kier alpha value is -0.0800. The molecule has 0 aromatic rings. The van der Waals surface area contributed by atoms with E-state index >= 15 is 0 Å². The highest BCUT2D eigenvalue weighted by Gasteiger charge is 2.41. The van der Waals surface area contributed by atoms with Crippen molar-refractivity contribution in [2.45, 2.75) is 76.4 Å². The molecule has 0 heterocycles. The molecular weight excluding hydrogens is 208 g/mol. The third-order valence-corrected chi connectivity index (χ3v) is 5.16. The fraction of sp³-hybridized carbons (Fsp3) is 1.00. The third kappa shape index (κ3) is 2.85. The quantitative estimate of drug-likeness (QED) is 0.795. The van der Waals surface area contributed by atoms with Crippen LogP contribution in [0.5, 0.6) is 0 Å². The van der Waals surface area contributed by atoms with E-state index in [2.05, 4.69) is 11.8 Å². The predicted octanol–water partition coefficient (Wildman–Crippen LogP) is 2.77. The summed E-state index contributed by atoms with van der Waals surface area (Å²) in [6.45, 7) is 3.71. The lowest BCUT2D eigenvalue weighted by Crippen LogP contribution is -2.52. The van der Waals surface area contributed by atoms with E-state index in [0.29, 0.717) is 12.1 Å². The monoisotopic (exact) mass is 236 g/mol. The molecule has 0 radical (unpaired) electrons. The first kappa shape index (κ1) is 12.0. The van der Waals surface area contributed by atoms with Crippen molar-refractivity contribution < 1.29 is 0 Å². The van der Waals surface area contributed by atoms with Gasteiger partial charge >= 0.3 is 0 Å². The summed E-state index contributed by atoms with van der Waals surface area (Å²) < 4.78 is 0. The zero-order chi connectivity index (χ0) is 11.8. The number of hydrogen-bond acceptors (Lipinski definition) is 2. The zero-order valence-electron chi connectivity index (χ0n) is 11.3. The Morgan fingerprint density at radius 2 is 1.71 bits per heavy atom. The van der Waals surface area contributed by atoms with Gasteiger partial charge in [0.15, 0.2) is 0 Å². The molecule has 3 unspecified atom stereocenters. The minimum Gasteiger partial charge on any atom is -0.326 e. The smallest absolute Gasteiger partial charge is 0.0252 e. The maximum absolute atomic E-state index is 6.42. The van der Waals surface area contributed by atoms with Crippen molar-refractivity contribution in [2.24, 2.45) is 17.6 Å². The van der Waals surface area contributed by atoms with Gasteiger partial charge in [-0.3, -0.25) is 4.90 Å². The number of nitrogens with two attached hydrogens (primary N) is 1. The molecule has 3 rings (SSSR count). The Morgan fingerprint density at radius 1 is 1.00 bits per heavy atom. The van der Waals surface area contributed by atoms with E-state index in [-0.39, 0.29) is 0 Å². The Labute approximate surface area is 106 Å². The molecule has 3 saturated carbocycles. The van der Waals surface area contributed by atoms with Gasteiger partial charge in [0.2, 0.25) is 0 Å². The molecule has 0 aromatic carbocycles. The lowest BCUT2D eigenvalue weighted by Gasteiger charge is -2.41. The van der Waals surface area contributed by atoms with Crippen LogP contribution in [0, 0.1) is 11.8 Å². The Balaban J connectivity index is 1.64. The largest absolute Gasteiger partial charge is 0.326 e. The van der Waals surface area contributed by atoms with Gasteiger partial charge in [-0.2, -0.15) is 0 Å². The Morgan fingerprint density at radius 3 is 2.29 bits per heavy atom. The van der Waals surface area contributed by atoms with Crippen LogP contribution in [0.2, 0.25) is 0 Å². The second-order valence-electron chi connectivity index (χ2n) is 6.69. The predicted molar refractivity (Wildman–Crippen MR) is 71.8 cm³/mol. The van der Waals surface area contributed by atoms with Crippen LogP contribution in [0.4, 0.5) is 0 Å². The summed E-state index contributed by atoms with van der Waals surface area (Å²) in [5.41, 5.74) is 6.42. The molecular formula is C15H28N2. The molecule has 2 nitrogen and oxygen atoms in total. The molecule has 3 fully saturated rings. The first-order valence-electron chi connectivity index (χ1n) is 7.79. The minimum atomic E-state index is 0.456. The van der Waals surface area contributed by atoms with Crippen LogP contribution in [0.25, 0.3) is 0 Å². The number of hydrogen-bond donors (Lipinski definition) is 1. The van der Waals surface area contributed by atoms with Crippen molar-refractivity contribution in [3.63, 3.8) is 0 Å². The van der Waals surface area contributed by atoms with Crippen LogP contribution >= 0.6 is 0 Å². The molecule has 98 valence electrons.